The summed E-state index contributed by atoms with van der Waals surface area (Å²) in [5, 5.41) is 14.2. The minimum absolute atomic E-state index is 0.228. The molecule has 2 amide bonds. The Morgan fingerprint density at radius 2 is 1.64 bits per heavy atom. The van der Waals surface area contributed by atoms with Gasteiger partial charge in [-0.1, -0.05) is 30.3 Å². The first kappa shape index (κ1) is 17.2. The van der Waals surface area contributed by atoms with E-state index in [0.29, 0.717) is 22.7 Å². The van der Waals surface area contributed by atoms with E-state index in [1.807, 2.05) is 30.3 Å². The van der Waals surface area contributed by atoms with E-state index in [9.17, 15) is 9.59 Å². The van der Waals surface area contributed by atoms with Gasteiger partial charge in [0.1, 0.15) is 5.69 Å². The van der Waals surface area contributed by atoms with Crippen LogP contribution in [0, 0.1) is 0 Å². The van der Waals surface area contributed by atoms with Gasteiger partial charge in [0.25, 0.3) is 11.8 Å². The second-order valence-electron chi connectivity index (χ2n) is 5.76. The lowest BCUT2D eigenvalue weighted by Gasteiger charge is -2.06. The highest BCUT2D eigenvalue weighted by molar-refractivity contribution is 5.98. The summed E-state index contributed by atoms with van der Waals surface area (Å²) in [5.74, 6) is -0.618. The van der Waals surface area contributed by atoms with Gasteiger partial charge in [0.05, 0.1) is 5.69 Å². The standard InChI is InChI=1S/C19H14N6O3/c26-17(13-6-8-14(9-7-13)19-25-20-11-28-19)23-24-18(27)16-10-15(21-22-16)12-4-2-1-3-5-12/h1-11H,(H,21,22)(H,23,26)(H,24,27). The van der Waals surface area contributed by atoms with Gasteiger partial charge in [0.2, 0.25) is 12.3 Å². The van der Waals surface area contributed by atoms with Crippen molar-refractivity contribution >= 4 is 11.8 Å². The number of amides is 2. The molecule has 0 aliphatic heterocycles. The lowest BCUT2D eigenvalue weighted by atomic mass is 10.1. The van der Waals surface area contributed by atoms with E-state index in [1.54, 1.807) is 30.3 Å². The first-order valence-electron chi connectivity index (χ1n) is 8.29. The van der Waals surface area contributed by atoms with Crippen LogP contribution in [0.15, 0.2) is 71.5 Å². The highest BCUT2D eigenvalue weighted by Crippen LogP contribution is 2.17. The molecule has 0 bridgehead atoms. The maximum atomic E-state index is 12.2. The van der Waals surface area contributed by atoms with Gasteiger partial charge in [-0.2, -0.15) is 5.10 Å². The second-order valence-corrected chi connectivity index (χ2v) is 5.76. The van der Waals surface area contributed by atoms with E-state index in [-0.39, 0.29) is 5.69 Å². The lowest BCUT2D eigenvalue weighted by Crippen LogP contribution is -2.41. The van der Waals surface area contributed by atoms with E-state index >= 15 is 0 Å². The Bertz CT molecular complexity index is 1090. The molecular formula is C19H14N6O3. The van der Waals surface area contributed by atoms with Crippen molar-refractivity contribution in [3.05, 3.63) is 78.3 Å². The number of carbonyl (C=O) groups is 2. The summed E-state index contributed by atoms with van der Waals surface area (Å²) in [6.07, 6.45) is 1.23. The summed E-state index contributed by atoms with van der Waals surface area (Å²) in [6.45, 7) is 0. The van der Waals surface area contributed by atoms with Crippen molar-refractivity contribution in [2.75, 3.05) is 0 Å². The number of nitrogens with one attached hydrogen (secondary N) is 3. The summed E-state index contributed by atoms with van der Waals surface area (Å²) >= 11 is 0. The quantitative estimate of drug-likeness (QED) is 0.470. The molecule has 9 heteroatoms. The van der Waals surface area contributed by atoms with Crippen molar-refractivity contribution in [1.29, 1.82) is 0 Å². The maximum absolute atomic E-state index is 12.2. The molecule has 0 saturated heterocycles. The van der Waals surface area contributed by atoms with Crippen molar-refractivity contribution in [2.45, 2.75) is 0 Å². The van der Waals surface area contributed by atoms with E-state index in [4.69, 9.17) is 4.42 Å². The molecule has 0 saturated carbocycles. The highest BCUT2D eigenvalue weighted by Gasteiger charge is 2.13. The van der Waals surface area contributed by atoms with Crippen LogP contribution in [0.2, 0.25) is 0 Å². The van der Waals surface area contributed by atoms with Crippen LogP contribution in [0.5, 0.6) is 0 Å². The van der Waals surface area contributed by atoms with Gasteiger partial charge in [-0.15, -0.1) is 10.2 Å². The molecule has 0 aliphatic rings. The van der Waals surface area contributed by atoms with Crippen molar-refractivity contribution in [3.63, 3.8) is 0 Å². The summed E-state index contributed by atoms with van der Waals surface area (Å²) in [6, 6.07) is 17.6. The fourth-order valence-corrected chi connectivity index (χ4v) is 2.51. The van der Waals surface area contributed by atoms with Gasteiger partial charge in [-0.05, 0) is 30.3 Å². The van der Waals surface area contributed by atoms with Gasteiger partial charge in [-0.25, -0.2) is 0 Å². The minimum atomic E-state index is -0.509. The molecule has 0 unspecified atom stereocenters. The van der Waals surface area contributed by atoms with Crippen molar-refractivity contribution in [2.24, 2.45) is 0 Å². The molecule has 0 radical (unpaired) electrons. The molecular weight excluding hydrogens is 360 g/mol. The van der Waals surface area contributed by atoms with Crippen LogP contribution in [0.25, 0.3) is 22.7 Å². The number of carbonyl (C=O) groups excluding carboxylic acids is 2. The maximum Gasteiger partial charge on any atom is 0.287 e. The Kier molecular flexibility index (Phi) is 4.62. The fourth-order valence-electron chi connectivity index (χ4n) is 2.51. The first-order chi connectivity index (χ1) is 13.7. The molecule has 138 valence electrons. The molecule has 2 heterocycles. The molecule has 2 aromatic carbocycles. The number of hydrazine groups is 1. The second kappa shape index (κ2) is 7.54. The number of nitrogens with zero attached hydrogens (tertiary/aromatic N) is 3. The van der Waals surface area contributed by atoms with Gasteiger partial charge in [0, 0.05) is 16.7 Å². The molecule has 0 spiro atoms. The third kappa shape index (κ3) is 3.63. The Morgan fingerprint density at radius 1 is 0.893 bits per heavy atom. The van der Waals surface area contributed by atoms with E-state index < -0.39 is 11.8 Å². The SMILES string of the molecule is O=C(NNC(=O)c1cc(-c2ccccc2)n[nH]1)c1ccc(-c2nnco2)cc1. The molecule has 28 heavy (non-hydrogen) atoms. The van der Waals surface area contributed by atoms with Crippen LogP contribution in [-0.2, 0) is 0 Å². The molecule has 0 fully saturated rings. The molecule has 0 atom stereocenters. The monoisotopic (exact) mass is 374 g/mol. The average Bonchev–Trinajstić information content (AvgIpc) is 3.45. The third-order valence-corrected chi connectivity index (χ3v) is 3.94. The average molecular weight is 374 g/mol. The number of H-pyrrole nitrogens is 1. The lowest BCUT2D eigenvalue weighted by molar-refractivity contribution is 0.0844. The largest absolute Gasteiger partial charge is 0.423 e. The molecule has 2 aromatic heterocycles. The topological polar surface area (TPSA) is 126 Å². The highest BCUT2D eigenvalue weighted by atomic mass is 16.4. The Hall–Kier alpha value is -4.27. The summed E-state index contributed by atoms with van der Waals surface area (Å²) in [5.41, 5.74) is 7.50. The van der Waals surface area contributed by atoms with Crippen molar-refractivity contribution < 1.29 is 14.0 Å². The van der Waals surface area contributed by atoms with Gasteiger partial charge in [0.15, 0.2) is 0 Å². The number of aromatic nitrogens is 4. The summed E-state index contributed by atoms with van der Waals surface area (Å²) in [4.78, 5) is 24.4. The number of rotatable bonds is 4. The predicted octanol–water partition coefficient (Wildman–Crippen LogP) is 2.20. The van der Waals surface area contributed by atoms with Crippen LogP contribution in [0.4, 0.5) is 0 Å². The Balaban J connectivity index is 1.37. The van der Waals surface area contributed by atoms with Crippen LogP contribution >= 0.6 is 0 Å². The number of aromatic amines is 1. The van der Waals surface area contributed by atoms with Gasteiger partial charge in [-0.3, -0.25) is 25.5 Å². The predicted molar refractivity (Wildman–Crippen MR) is 98.7 cm³/mol. The minimum Gasteiger partial charge on any atom is -0.423 e. The Morgan fingerprint density at radius 3 is 2.36 bits per heavy atom. The van der Waals surface area contributed by atoms with E-state index in [1.165, 1.54) is 6.39 Å². The zero-order valence-corrected chi connectivity index (χ0v) is 14.4. The zero-order valence-electron chi connectivity index (χ0n) is 14.4. The van der Waals surface area contributed by atoms with Crippen molar-refractivity contribution in [1.82, 2.24) is 31.2 Å². The molecule has 4 rings (SSSR count). The van der Waals surface area contributed by atoms with Crippen molar-refractivity contribution in [3.8, 4) is 22.7 Å². The van der Waals surface area contributed by atoms with Gasteiger partial charge < -0.3 is 4.42 Å². The molecule has 0 aliphatic carbocycles. The van der Waals surface area contributed by atoms with Gasteiger partial charge >= 0.3 is 0 Å². The number of hydrogen-bond acceptors (Lipinski definition) is 6. The summed E-state index contributed by atoms with van der Waals surface area (Å²) in [7, 11) is 0. The Labute approximate surface area is 158 Å². The number of benzene rings is 2. The zero-order chi connectivity index (χ0) is 19.3. The normalized spacial score (nSPS) is 10.4. The van der Waals surface area contributed by atoms with E-state index in [0.717, 1.165) is 5.56 Å². The first-order valence-corrected chi connectivity index (χ1v) is 8.29. The summed E-state index contributed by atoms with van der Waals surface area (Å²) < 4.78 is 5.09. The van der Waals surface area contributed by atoms with Crippen LogP contribution < -0.4 is 10.9 Å². The van der Waals surface area contributed by atoms with E-state index in [2.05, 4.69) is 31.2 Å². The van der Waals surface area contributed by atoms with Crippen LogP contribution in [-0.4, -0.2) is 32.2 Å². The number of hydrogen-bond donors (Lipinski definition) is 3. The fraction of sp³-hybridized carbons (Fsp3) is 0. The molecule has 4 aromatic rings. The van der Waals surface area contributed by atoms with Crippen LogP contribution in [0.3, 0.4) is 0 Å². The van der Waals surface area contributed by atoms with Crippen LogP contribution in [0.1, 0.15) is 20.8 Å². The molecule has 3 N–H and O–H groups in total. The molecule has 9 nitrogen and oxygen atoms in total. The third-order valence-electron chi connectivity index (χ3n) is 3.94. The smallest absolute Gasteiger partial charge is 0.287 e.